The Kier molecular flexibility index (Phi) is 4.93. The molecule has 1 aromatic heterocycles. The maximum atomic E-state index is 6.00. The summed E-state index contributed by atoms with van der Waals surface area (Å²) in [6, 6.07) is 10.7. The van der Waals surface area contributed by atoms with Crippen LogP contribution >= 0.6 is 0 Å². The van der Waals surface area contributed by atoms with Gasteiger partial charge in [0, 0.05) is 12.4 Å². The van der Waals surface area contributed by atoms with Crippen LogP contribution in [0.1, 0.15) is 63.1 Å². The van der Waals surface area contributed by atoms with Crippen LogP contribution in [-0.2, 0) is 13.0 Å². The van der Waals surface area contributed by atoms with E-state index < -0.39 is 0 Å². The molecule has 1 aliphatic rings. The lowest BCUT2D eigenvalue weighted by atomic mass is 9.63. The molecule has 2 nitrogen and oxygen atoms in total. The fourth-order valence-electron chi connectivity index (χ4n) is 4.21. The average Bonchev–Trinajstić information content (AvgIpc) is 2.58. The molecule has 0 saturated carbocycles. The van der Waals surface area contributed by atoms with Gasteiger partial charge in [0.1, 0.15) is 12.4 Å². The lowest BCUT2D eigenvalue weighted by Gasteiger charge is -2.41. The molecule has 1 heterocycles. The van der Waals surface area contributed by atoms with E-state index in [1.54, 1.807) is 0 Å². The number of aryl methyl sites for hydroxylation is 1. The van der Waals surface area contributed by atoms with Crippen LogP contribution in [0.15, 0.2) is 42.7 Å². The quantitative estimate of drug-likeness (QED) is 0.713. The molecule has 3 rings (SSSR count). The second-order valence-electron chi connectivity index (χ2n) is 8.06. The molecule has 0 N–H and O–H groups in total. The number of pyridine rings is 1. The first kappa shape index (κ1) is 17.0. The Hall–Kier alpha value is -1.83. The lowest BCUT2D eigenvalue weighted by molar-refractivity contribution is 0.207. The summed E-state index contributed by atoms with van der Waals surface area (Å²) in [5.74, 6) is 2.41. The van der Waals surface area contributed by atoms with Gasteiger partial charge in [0.05, 0.1) is 0 Å². The van der Waals surface area contributed by atoms with Crippen molar-refractivity contribution in [1.82, 2.24) is 4.98 Å². The Balaban J connectivity index is 1.81. The van der Waals surface area contributed by atoms with Gasteiger partial charge in [0.2, 0.25) is 0 Å². The molecule has 0 fully saturated rings. The molecule has 0 amide bonds. The van der Waals surface area contributed by atoms with E-state index in [0.29, 0.717) is 17.9 Å². The zero-order chi connectivity index (χ0) is 17.2. The number of benzene rings is 1. The topological polar surface area (TPSA) is 22.1 Å². The minimum atomic E-state index is 0.301. The minimum absolute atomic E-state index is 0.301. The van der Waals surface area contributed by atoms with Gasteiger partial charge in [-0.3, -0.25) is 4.98 Å². The van der Waals surface area contributed by atoms with Crippen LogP contribution in [0.25, 0.3) is 0 Å². The molecule has 0 saturated heterocycles. The number of ether oxygens (including phenoxy) is 1. The number of nitrogens with zero attached hydrogens (tertiary/aromatic N) is 1. The Labute approximate surface area is 146 Å². The van der Waals surface area contributed by atoms with Crippen LogP contribution in [0.4, 0.5) is 0 Å². The van der Waals surface area contributed by atoms with Gasteiger partial charge in [-0.25, -0.2) is 0 Å². The van der Waals surface area contributed by atoms with Crippen LogP contribution in [0, 0.1) is 11.3 Å². The number of rotatable bonds is 4. The van der Waals surface area contributed by atoms with E-state index >= 15 is 0 Å². The summed E-state index contributed by atoms with van der Waals surface area (Å²) in [6.07, 6.45) is 7.35. The van der Waals surface area contributed by atoms with E-state index in [2.05, 4.69) is 50.9 Å². The third kappa shape index (κ3) is 3.63. The van der Waals surface area contributed by atoms with Gasteiger partial charge in [-0.1, -0.05) is 40.2 Å². The van der Waals surface area contributed by atoms with Crippen molar-refractivity contribution in [3.8, 4) is 5.75 Å². The van der Waals surface area contributed by atoms with Crippen LogP contribution in [0.3, 0.4) is 0 Å². The van der Waals surface area contributed by atoms with Crippen molar-refractivity contribution in [3.05, 3.63) is 59.4 Å². The van der Waals surface area contributed by atoms with Crippen molar-refractivity contribution >= 4 is 0 Å². The largest absolute Gasteiger partial charge is 0.489 e. The van der Waals surface area contributed by atoms with E-state index in [4.69, 9.17) is 4.74 Å². The minimum Gasteiger partial charge on any atom is -0.489 e. The van der Waals surface area contributed by atoms with E-state index in [1.165, 1.54) is 30.4 Å². The highest BCUT2D eigenvalue weighted by Crippen LogP contribution is 2.48. The van der Waals surface area contributed by atoms with Gasteiger partial charge in [0.25, 0.3) is 0 Å². The standard InChI is InChI=1S/C22H29NO/c1-5-17-6-7-18-14-19(24-15-16-10-12-23-13-11-16)8-9-20(18)21(17)22(2,3)4/h8-14,17,21H,5-7,15H2,1-4H3. The van der Waals surface area contributed by atoms with E-state index in [1.807, 2.05) is 24.5 Å². The molecular formula is C22H29NO. The van der Waals surface area contributed by atoms with Crippen molar-refractivity contribution in [3.63, 3.8) is 0 Å². The molecule has 2 unspecified atom stereocenters. The van der Waals surface area contributed by atoms with Crippen LogP contribution in [0.2, 0.25) is 0 Å². The van der Waals surface area contributed by atoms with Crippen LogP contribution < -0.4 is 4.74 Å². The molecular weight excluding hydrogens is 294 g/mol. The lowest BCUT2D eigenvalue weighted by Crippen LogP contribution is -2.30. The SMILES string of the molecule is CCC1CCc2cc(OCc3ccncc3)ccc2C1C(C)(C)C. The smallest absolute Gasteiger partial charge is 0.120 e. The van der Waals surface area contributed by atoms with Crippen molar-refractivity contribution in [2.45, 2.75) is 59.5 Å². The summed E-state index contributed by atoms with van der Waals surface area (Å²) in [5, 5.41) is 0. The van der Waals surface area contributed by atoms with Crippen molar-refractivity contribution < 1.29 is 4.74 Å². The summed E-state index contributed by atoms with van der Waals surface area (Å²) < 4.78 is 6.00. The van der Waals surface area contributed by atoms with E-state index in [-0.39, 0.29) is 0 Å². The fraction of sp³-hybridized carbons (Fsp3) is 0.500. The molecule has 2 atom stereocenters. The van der Waals surface area contributed by atoms with Gasteiger partial charge in [-0.2, -0.15) is 0 Å². The summed E-state index contributed by atoms with van der Waals surface area (Å²) in [4.78, 5) is 4.05. The number of aromatic nitrogens is 1. The summed E-state index contributed by atoms with van der Waals surface area (Å²) in [6.45, 7) is 10.1. The van der Waals surface area contributed by atoms with Gasteiger partial charge in [-0.15, -0.1) is 0 Å². The first-order chi connectivity index (χ1) is 11.5. The predicted octanol–water partition coefficient (Wildman–Crippen LogP) is 5.76. The van der Waals surface area contributed by atoms with Crippen molar-refractivity contribution in [2.24, 2.45) is 11.3 Å². The third-order valence-electron chi connectivity index (χ3n) is 5.32. The summed E-state index contributed by atoms with van der Waals surface area (Å²) in [7, 11) is 0. The molecule has 0 radical (unpaired) electrons. The Morgan fingerprint density at radius 3 is 2.54 bits per heavy atom. The number of hydrogen-bond donors (Lipinski definition) is 0. The number of fused-ring (bicyclic) bond motifs is 1. The molecule has 24 heavy (non-hydrogen) atoms. The third-order valence-corrected chi connectivity index (χ3v) is 5.32. The molecule has 2 aromatic rings. The summed E-state index contributed by atoms with van der Waals surface area (Å²) in [5.41, 5.74) is 4.47. The van der Waals surface area contributed by atoms with Gasteiger partial charge in [0.15, 0.2) is 0 Å². The second kappa shape index (κ2) is 6.96. The van der Waals surface area contributed by atoms with Crippen LogP contribution in [0.5, 0.6) is 5.75 Å². The van der Waals surface area contributed by atoms with E-state index in [9.17, 15) is 0 Å². The van der Waals surface area contributed by atoms with Crippen LogP contribution in [-0.4, -0.2) is 4.98 Å². The Morgan fingerprint density at radius 1 is 1.12 bits per heavy atom. The molecule has 1 aliphatic carbocycles. The highest BCUT2D eigenvalue weighted by Gasteiger charge is 2.36. The normalized spacial score (nSPS) is 20.5. The molecule has 128 valence electrons. The van der Waals surface area contributed by atoms with Gasteiger partial charge >= 0.3 is 0 Å². The van der Waals surface area contributed by atoms with E-state index in [0.717, 1.165) is 17.2 Å². The zero-order valence-corrected chi connectivity index (χ0v) is 15.4. The molecule has 2 heteroatoms. The second-order valence-corrected chi connectivity index (χ2v) is 8.06. The first-order valence-corrected chi connectivity index (χ1v) is 9.13. The molecule has 0 spiro atoms. The van der Waals surface area contributed by atoms with Crippen molar-refractivity contribution in [2.75, 3.05) is 0 Å². The fourth-order valence-corrected chi connectivity index (χ4v) is 4.21. The van der Waals surface area contributed by atoms with Gasteiger partial charge < -0.3 is 4.74 Å². The maximum Gasteiger partial charge on any atom is 0.120 e. The zero-order valence-electron chi connectivity index (χ0n) is 15.4. The van der Waals surface area contributed by atoms with Gasteiger partial charge in [-0.05, 0) is 71.0 Å². The monoisotopic (exact) mass is 323 g/mol. The first-order valence-electron chi connectivity index (χ1n) is 9.13. The molecule has 0 aliphatic heterocycles. The molecule has 0 bridgehead atoms. The highest BCUT2D eigenvalue weighted by molar-refractivity contribution is 5.41. The highest BCUT2D eigenvalue weighted by atomic mass is 16.5. The summed E-state index contributed by atoms with van der Waals surface area (Å²) >= 11 is 0. The number of hydrogen-bond acceptors (Lipinski definition) is 2. The Morgan fingerprint density at radius 2 is 1.88 bits per heavy atom. The molecule has 1 aromatic carbocycles. The maximum absolute atomic E-state index is 6.00. The van der Waals surface area contributed by atoms with Crippen molar-refractivity contribution in [1.29, 1.82) is 0 Å². The predicted molar refractivity (Wildman–Crippen MR) is 99.3 cm³/mol. The average molecular weight is 323 g/mol. The Bertz CT molecular complexity index is 672.